The van der Waals surface area contributed by atoms with E-state index in [-0.39, 0.29) is 11.5 Å². The van der Waals surface area contributed by atoms with Crippen LogP contribution in [-0.2, 0) is 0 Å². The summed E-state index contributed by atoms with van der Waals surface area (Å²) in [5.41, 5.74) is 0.956. The number of aromatic carboxylic acids is 1. The van der Waals surface area contributed by atoms with Crippen LogP contribution in [0.5, 0.6) is 5.75 Å². The lowest BCUT2D eigenvalue weighted by molar-refractivity contribution is -0.364. The summed E-state index contributed by atoms with van der Waals surface area (Å²) in [5.74, 6) is -0.472. The molecule has 0 saturated heterocycles. The lowest BCUT2D eigenvalue weighted by Gasteiger charge is -2.18. The molecular formula is C19H23N2O4S+. The van der Waals surface area contributed by atoms with E-state index >= 15 is 0 Å². The Bertz CT molecular complexity index is 804. The molecule has 0 aromatic heterocycles. The number of carboxylic acid groups (broad SMARTS) is 1. The number of hydrogen-bond donors (Lipinski definition) is 3. The topological polar surface area (TPSA) is 84.0 Å². The molecule has 0 spiro atoms. The lowest BCUT2D eigenvalue weighted by atomic mass is 10.1. The molecule has 0 saturated carbocycles. The molecule has 0 radical (unpaired) electrons. The van der Waals surface area contributed by atoms with Crippen LogP contribution in [0.3, 0.4) is 0 Å². The molecule has 0 heterocycles. The number of benzene rings is 2. The second-order valence-corrected chi connectivity index (χ2v) is 6.53. The van der Waals surface area contributed by atoms with Crippen molar-refractivity contribution in [2.75, 3.05) is 20.2 Å². The van der Waals surface area contributed by atoms with Crippen LogP contribution in [0.1, 0.15) is 29.8 Å². The van der Waals surface area contributed by atoms with Gasteiger partial charge in [0.15, 0.2) is 0 Å². The van der Waals surface area contributed by atoms with Crippen LogP contribution in [0.15, 0.2) is 47.4 Å². The first-order chi connectivity index (χ1) is 12.5. The van der Waals surface area contributed by atoms with Crippen molar-refractivity contribution in [2.45, 2.75) is 18.7 Å². The van der Waals surface area contributed by atoms with Gasteiger partial charge in [0, 0.05) is 19.2 Å². The largest absolute Gasteiger partial charge is 0.496 e. The molecule has 26 heavy (non-hydrogen) atoms. The highest BCUT2D eigenvalue weighted by Gasteiger charge is 2.18. The first kappa shape index (κ1) is 19.8. The number of hydrogen-bond acceptors (Lipinski definition) is 4. The van der Waals surface area contributed by atoms with Gasteiger partial charge >= 0.3 is 11.9 Å². The summed E-state index contributed by atoms with van der Waals surface area (Å²) in [6.07, 6.45) is 0. The van der Waals surface area contributed by atoms with Gasteiger partial charge in [-0.1, -0.05) is 26.0 Å². The summed E-state index contributed by atoms with van der Waals surface area (Å²) in [5, 5.41) is 19.7. The number of methoxy groups -OCH3 is 1. The number of nitrogens with zero attached hydrogens (tertiary/aromatic N) is 1. The third-order valence-electron chi connectivity index (χ3n) is 3.78. The van der Waals surface area contributed by atoms with Crippen molar-refractivity contribution >= 4 is 29.5 Å². The van der Waals surface area contributed by atoms with Crippen LogP contribution >= 0.6 is 11.9 Å². The van der Waals surface area contributed by atoms with Crippen molar-refractivity contribution in [2.24, 2.45) is 0 Å². The van der Waals surface area contributed by atoms with Gasteiger partial charge in [-0.25, -0.2) is 9.10 Å². The zero-order chi connectivity index (χ0) is 19.1. The van der Waals surface area contributed by atoms with E-state index in [1.165, 1.54) is 6.07 Å². The quantitative estimate of drug-likeness (QED) is 0.373. The Morgan fingerprint density at radius 1 is 1.15 bits per heavy atom. The van der Waals surface area contributed by atoms with E-state index in [1.54, 1.807) is 49.4 Å². The van der Waals surface area contributed by atoms with Gasteiger partial charge < -0.3 is 14.9 Å². The average molecular weight is 375 g/mol. The SMILES string of the molecule is CCN(CC)Sc1cc(C(O)=[NH+]c2ccccc2C(=O)O)ccc1OC. The van der Waals surface area contributed by atoms with Gasteiger partial charge in [-0.15, -0.1) is 0 Å². The Morgan fingerprint density at radius 2 is 1.85 bits per heavy atom. The van der Waals surface area contributed by atoms with E-state index in [0.29, 0.717) is 17.0 Å². The molecule has 0 fully saturated rings. The van der Waals surface area contributed by atoms with E-state index in [2.05, 4.69) is 23.1 Å². The van der Waals surface area contributed by atoms with Gasteiger partial charge in [-0.2, -0.15) is 4.99 Å². The van der Waals surface area contributed by atoms with Gasteiger partial charge in [-0.3, -0.25) is 0 Å². The fourth-order valence-electron chi connectivity index (χ4n) is 2.37. The Labute approximate surface area is 157 Å². The number of carboxylic acids is 1. The van der Waals surface area contributed by atoms with Crippen LogP contribution in [0.4, 0.5) is 5.69 Å². The lowest BCUT2D eigenvalue weighted by Crippen LogP contribution is -2.67. The van der Waals surface area contributed by atoms with E-state index < -0.39 is 5.97 Å². The number of ether oxygens (including phenoxy) is 1. The summed E-state index contributed by atoms with van der Waals surface area (Å²) in [7, 11) is 1.60. The Hall–Kier alpha value is -2.51. The molecule has 138 valence electrons. The van der Waals surface area contributed by atoms with Gasteiger partial charge in [0.2, 0.25) is 5.69 Å². The van der Waals surface area contributed by atoms with E-state index in [0.717, 1.165) is 18.0 Å². The molecule has 0 aliphatic heterocycles. The van der Waals surface area contributed by atoms with Crippen LogP contribution in [0.25, 0.3) is 0 Å². The van der Waals surface area contributed by atoms with E-state index in [9.17, 15) is 15.0 Å². The molecule has 0 amide bonds. The molecular weight excluding hydrogens is 352 g/mol. The minimum Gasteiger partial charge on any atom is -0.496 e. The molecule has 6 nitrogen and oxygen atoms in total. The normalized spacial score (nSPS) is 11.6. The van der Waals surface area contributed by atoms with E-state index in [4.69, 9.17) is 4.74 Å². The van der Waals surface area contributed by atoms with Crippen LogP contribution in [0, 0.1) is 0 Å². The van der Waals surface area contributed by atoms with Gasteiger partial charge in [-0.05, 0) is 36.2 Å². The van der Waals surface area contributed by atoms with Crippen LogP contribution < -0.4 is 9.73 Å². The maximum Gasteiger partial charge on any atom is 0.371 e. The minimum atomic E-state index is -1.06. The maximum absolute atomic E-state index is 11.3. The maximum atomic E-state index is 11.3. The fourth-order valence-corrected chi connectivity index (χ4v) is 3.32. The summed E-state index contributed by atoms with van der Waals surface area (Å²) >= 11 is 1.55. The molecule has 2 aromatic rings. The predicted octanol–water partition coefficient (Wildman–Crippen LogP) is 2.46. The standard InChI is InChI=1S/C19H22N2O4S/c1-4-21(5-2)26-17-12-13(10-11-16(17)25-3)18(22)20-15-9-7-6-8-14(15)19(23)24/h6-12H,4-5H2,1-3H3,(H,20,22)(H,23,24)/p+1. The Balaban J connectivity index is 2.40. The minimum absolute atomic E-state index is 0.0882. The van der Waals surface area contributed by atoms with E-state index in [1.807, 2.05) is 6.07 Å². The molecule has 2 aromatic carbocycles. The summed E-state index contributed by atoms with van der Waals surface area (Å²) < 4.78 is 7.56. The van der Waals surface area contributed by atoms with Crippen LogP contribution in [0.2, 0.25) is 0 Å². The summed E-state index contributed by atoms with van der Waals surface area (Å²) in [6, 6.07) is 11.7. The van der Waals surface area contributed by atoms with Crippen molar-refractivity contribution in [1.82, 2.24) is 4.31 Å². The predicted molar refractivity (Wildman–Crippen MR) is 103 cm³/mol. The van der Waals surface area contributed by atoms with Crippen LogP contribution in [-0.4, -0.2) is 46.6 Å². The van der Waals surface area contributed by atoms with Crippen molar-refractivity contribution in [1.29, 1.82) is 0 Å². The molecule has 3 N–H and O–H groups in total. The van der Waals surface area contributed by atoms with Gasteiger partial charge in [0.1, 0.15) is 11.3 Å². The molecule has 0 aliphatic carbocycles. The van der Waals surface area contributed by atoms with Crippen molar-refractivity contribution < 1.29 is 24.7 Å². The molecule has 0 aliphatic rings. The molecule has 0 bridgehead atoms. The summed E-state index contributed by atoms with van der Waals surface area (Å²) in [4.78, 5) is 15.0. The number of para-hydroxylation sites is 1. The first-order valence-electron chi connectivity index (χ1n) is 8.26. The van der Waals surface area contributed by atoms with Crippen molar-refractivity contribution in [3.8, 4) is 5.75 Å². The monoisotopic (exact) mass is 375 g/mol. The zero-order valence-corrected chi connectivity index (χ0v) is 15.8. The number of nitrogens with one attached hydrogen (secondary N) is 1. The fraction of sp³-hybridized carbons (Fsp3) is 0.263. The number of aliphatic hydroxyl groups is 1. The Kier molecular flexibility index (Phi) is 7.06. The molecule has 2 rings (SSSR count). The smallest absolute Gasteiger partial charge is 0.371 e. The third-order valence-corrected chi connectivity index (χ3v) is 5.07. The first-order valence-corrected chi connectivity index (χ1v) is 9.04. The highest BCUT2D eigenvalue weighted by molar-refractivity contribution is 7.97. The number of rotatable bonds is 8. The highest BCUT2D eigenvalue weighted by atomic mass is 32.2. The second-order valence-electron chi connectivity index (χ2n) is 5.40. The van der Waals surface area contributed by atoms with Crippen molar-refractivity contribution in [3.63, 3.8) is 0 Å². The second kappa shape index (κ2) is 9.26. The number of aliphatic hydroxyl groups excluding tert-OH is 1. The van der Waals surface area contributed by atoms with Crippen molar-refractivity contribution in [3.05, 3.63) is 53.6 Å². The molecule has 0 atom stereocenters. The third kappa shape index (κ3) is 4.77. The molecule has 7 heteroatoms. The summed E-state index contributed by atoms with van der Waals surface area (Å²) in [6.45, 7) is 5.88. The average Bonchev–Trinajstić information content (AvgIpc) is 2.66. The highest BCUT2D eigenvalue weighted by Crippen LogP contribution is 2.32. The van der Waals surface area contributed by atoms with Gasteiger partial charge in [0.05, 0.1) is 17.6 Å². The zero-order valence-electron chi connectivity index (χ0n) is 15.0. The van der Waals surface area contributed by atoms with Gasteiger partial charge in [0.25, 0.3) is 0 Å². The molecule has 0 unspecified atom stereocenters. The number of carbonyl (C=O) groups is 1. The Morgan fingerprint density at radius 3 is 2.46 bits per heavy atom.